The molecule has 0 atom stereocenters. The highest BCUT2D eigenvalue weighted by molar-refractivity contribution is 7.80. The maximum Gasteiger partial charge on any atom is 0.186 e. The van der Waals surface area contributed by atoms with Gasteiger partial charge in [0.1, 0.15) is 12.4 Å². The minimum atomic E-state index is -0.326. The van der Waals surface area contributed by atoms with Crippen molar-refractivity contribution in [2.24, 2.45) is 5.10 Å². The quantitative estimate of drug-likeness (QED) is 0.425. The lowest BCUT2D eigenvalue weighted by atomic mass is 10.2. The number of benzene rings is 2. The van der Waals surface area contributed by atoms with Crippen LogP contribution in [0.1, 0.15) is 18.1 Å². The molecule has 0 aliphatic heterocycles. The molecule has 2 aromatic carbocycles. The maximum atomic E-state index is 13.2. The predicted molar refractivity (Wildman–Crippen MR) is 104 cm³/mol. The first-order valence-corrected chi connectivity index (χ1v) is 8.59. The average molecular weight is 400 g/mol. The number of hydrazone groups is 1. The standard InChI is InChI=1S/C17H16Cl2FN3OS/c1-2-21-17(25)23-22-9-12-7-14(18)16(15(19)8-12)24-10-11-4-3-5-13(20)6-11/h3-9H,2,10H2,1H3,(H2,21,23,25). The number of nitrogens with zero attached hydrogens (tertiary/aromatic N) is 1. The Balaban J connectivity index is 2.04. The van der Waals surface area contributed by atoms with Gasteiger partial charge in [0.05, 0.1) is 16.3 Å². The van der Waals surface area contributed by atoms with Crippen molar-refractivity contribution < 1.29 is 9.13 Å². The first kappa shape index (κ1) is 19.4. The Morgan fingerprint density at radius 2 is 2.00 bits per heavy atom. The molecule has 0 radical (unpaired) electrons. The minimum Gasteiger partial charge on any atom is -0.486 e. The van der Waals surface area contributed by atoms with Crippen molar-refractivity contribution in [2.45, 2.75) is 13.5 Å². The molecule has 0 fully saturated rings. The molecule has 0 unspecified atom stereocenters. The summed E-state index contributed by atoms with van der Waals surface area (Å²) in [5, 5.41) is 7.99. The van der Waals surface area contributed by atoms with Crippen LogP contribution in [-0.4, -0.2) is 17.9 Å². The fraction of sp³-hybridized carbons (Fsp3) is 0.176. The molecule has 2 N–H and O–H groups in total. The van der Waals surface area contributed by atoms with Crippen molar-refractivity contribution in [2.75, 3.05) is 6.54 Å². The highest BCUT2D eigenvalue weighted by atomic mass is 35.5. The van der Waals surface area contributed by atoms with Crippen molar-refractivity contribution in [3.8, 4) is 5.75 Å². The first-order chi connectivity index (χ1) is 12.0. The van der Waals surface area contributed by atoms with Crippen LogP contribution in [0.5, 0.6) is 5.75 Å². The second kappa shape index (κ2) is 9.56. The van der Waals surface area contributed by atoms with E-state index in [1.165, 1.54) is 18.3 Å². The molecule has 0 saturated heterocycles. The summed E-state index contributed by atoms with van der Waals surface area (Å²) < 4.78 is 18.8. The Labute approximate surface area is 161 Å². The third-order valence-electron chi connectivity index (χ3n) is 3.01. The van der Waals surface area contributed by atoms with Gasteiger partial charge in [0, 0.05) is 6.54 Å². The molecule has 2 aromatic rings. The highest BCUT2D eigenvalue weighted by Crippen LogP contribution is 2.34. The Bertz CT molecular complexity index is 763. The number of halogens is 3. The van der Waals surface area contributed by atoms with Crippen LogP contribution in [0, 0.1) is 5.82 Å². The van der Waals surface area contributed by atoms with Crippen LogP contribution < -0.4 is 15.5 Å². The normalized spacial score (nSPS) is 10.7. The molecule has 0 bridgehead atoms. The summed E-state index contributed by atoms with van der Waals surface area (Å²) in [6, 6.07) is 9.45. The van der Waals surface area contributed by atoms with Gasteiger partial charge in [0.15, 0.2) is 10.9 Å². The van der Waals surface area contributed by atoms with Crippen LogP contribution in [0.25, 0.3) is 0 Å². The van der Waals surface area contributed by atoms with Crippen LogP contribution >= 0.6 is 35.4 Å². The predicted octanol–water partition coefficient (Wildman–Crippen LogP) is 4.53. The van der Waals surface area contributed by atoms with E-state index in [2.05, 4.69) is 15.8 Å². The molecule has 0 aliphatic carbocycles. The van der Waals surface area contributed by atoms with Gasteiger partial charge in [-0.2, -0.15) is 5.10 Å². The molecule has 0 spiro atoms. The summed E-state index contributed by atoms with van der Waals surface area (Å²) >= 11 is 17.4. The fourth-order valence-electron chi connectivity index (χ4n) is 1.94. The summed E-state index contributed by atoms with van der Waals surface area (Å²) in [7, 11) is 0. The van der Waals surface area contributed by atoms with Crippen molar-refractivity contribution >= 4 is 46.7 Å². The molecule has 4 nitrogen and oxygen atoms in total. The highest BCUT2D eigenvalue weighted by Gasteiger charge is 2.10. The average Bonchev–Trinajstić information content (AvgIpc) is 2.54. The Morgan fingerprint density at radius 1 is 1.28 bits per heavy atom. The van der Waals surface area contributed by atoms with Gasteiger partial charge in [-0.25, -0.2) is 4.39 Å². The molecule has 0 aliphatic rings. The molecule has 8 heteroatoms. The minimum absolute atomic E-state index is 0.156. The number of thiocarbonyl (C=S) groups is 1. The number of ether oxygens (including phenoxy) is 1. The number of nitrogens with one attached hydrogen (secondary N) is 2. The Hall–Kier alpha value is -1.89. The van der Waals surface area contributed by atoms with Gasteiger partial charge < -0.3 is 10.1 Å². The maximum absolute atomic E-state index is 13.2. The molecule has 2 rings (SSSR count). The van der Waals surface area contributed by atoms with Crippen molar-refractivity contribution in [1.29, 1.82) is 0 Å². The lowest BCUT2D eigenvalue weighted by Gasteiger charge is -2.11. The number of rotatable bonds is 6. The third-order valence-corrected chi connectivity index (χ3v) is 3.81. The first-order valence-electron chi connectivity index (χ1n) is 7.42. The van der Waals surface area contributed by atoms with E-state index in [1.54, 1.807) is 24.3 Å². The second-order valence-corrected chi connectivity index (χ2v) is 6.18. The van der Waals surface area contributed by atoms with Crippen LogP contribution in [0.15, 0.2) is 41.5 Å². The smallest absolute Gasteiger partial charge is 0.186 e. The van der Waals surface area contributed by atoms with E-state index in [4.69, 9.17) is 40.2 Å². The lowest BCUT2D eigenvalue weighted by molar-refractivity contribution is 0.306. The van der Waals surface area contributed by atoms with Crippen LogP contribution in [-0.2, 0) is 6.61 Å². The van der Waals surface area contributed by atoms with Crippen LogP contribution in [0.4, 0.5) is 4.39 Å². The van der Waals surface area contributed by atoms with E-state index in [0.717, 1.165) is 0 Å². The zero-order valence-electron chi connectivity index (χ0n) is 13.4. The van der Waals surface area contributed by atoms with E-state index in [1.807, 2.05) is 6.92 Å². The van der Waals surface area contributed by atoms with Crippen molar-refractivity contribution in [3.63, 3.8) is 0 Å². The molecule has 0 heterocycles. The lowest BCUT2D eigenvalue weighted by Crippen LogP contribution is -2.31. The molecule has 0 amide bonds. The van der Waals surface area contributed by atoms with Crippen molar-refractivity contribution in [3.05, 3.63) is 63.4 Å². The van der Waals surface area contributed by atoms with Gasteiger partial charge in [-0.15, -0.1) is 0 Å². The summed E-state index contributed by atoms with van der Waals surface area (Å²) in [4.78, 5) is 0. The summed E-state index contributed by atoms with van der Waals surface area (Å²) in [6.07, 6.45) is 1.54. The molecular weight excluding hydrogens is 384 g/mol. The molecular formula is C17H16Cl2FN3OS. The molecule has 0 saturated carbocycles. The Morgan fingerprint density at radius 3 is 2.64 bits per heavy atom. The largest absolute Gasteiger partial charge is 0.486 e. The zero-order chi connectivity index (χ0) is 18.2. The second-order valence-electron chi connectivity index (χ2n) is 4.96. The van der Waals surface area contributed by atoms with E-state index in [9.17, 15) is 4.39 Å². The summed E-state index contributed by atoms with van der Waals surface area (Å²) in [6.45, 7) is 2.79. The van der Waals surface area contributed by atoms with Gasteiger partial charge in [0.2, 0.25) is 0 Å². The topological polar surface area (TPSA) is 45.7 Å². The molecule has 132 valence electrons. The van der Waals surface area contributed by atoms with Gasteiger partial charge in [-0.05, 0) is 54.5 Å². The van der Waals surface area contributed by atoms with Gasteiger partial charge in [0.25, 0.3) is 0 Å². The van der Waals surface area contributed by atoms with Gasteiger partial charge in [-0.3, -0.25) is 5.43 Å². The van der Waals surface area contributed by atoms with Gasteiger partial charge in [-0.1, -0.05) is 35.3 Å². The van der Waals surface area contributed by atoms with Crippen LogP contribution in [0.3, 0.4) is 0 Å². The third kappa shape index (κ3) is 6.16. The SMILES string of the molecule is CCNC(=S)NN=Cc1cc(Cl)c(OCc2cccc(F)c2)c(Cl)c1. The monoisotopic (exact) mass is 399 g/mol. The number of hydrogen-bond acceptors (Lipinski definition) is 3. The Kier molecular flexibility index (Phi) is 7.43. The molecule has 25 heavy (non-hydrogen) atoms. The van der Waals surface area contributed by atoms with Crippen LogP contribution in [0.2, 0.25) is 10.0 Å². The number of hydrogen-bond donors (Lipinski definition) is 2. The van der Waals surface area contributed by atoms with Crippen molar-refractivity contribution in [1.82, 2.24) is 10.7 Å². The van der Waals surface area contributed by atoms with E-state index >= 15 is 0 Å². The zero-order valence-corrected chi connectivity index (χ0v) is 15.7. The van der Waals surface area contributed by atoms with E-state index in [-0.39, 0.29) is 12.4 Å². The fourth-order valence-corrected chi connectivity index (χ4v) is 2.75. The summed E-state index contributed by atoms with van der Waals surface area (Å²) in [5.41, 5.74) is 4.03. The summed E-state index contributed by atoms with van der Waals surface area (Å²) in [5.74, 6) is 0.00806. The van der Waals surface area contributed by atoms with E-state index < -0.39 is 0 Å². The van der Waals surface area contributed by atoms with E-state index in [0.29, 0.717) is 38.6 Å². The van der Waals surface area contributed by atoms with Gasteiger partial charge >= 0.3 is 0 Å². The molecule has 0 aromatic heterocycles.